The molecule has 2 aliphatic heterocycles. The van der Waals surface area contributed by atoms with Crippen LogP contribution in [0.1, 0.15) is 43.7 Å². The first-order valence-corrected chi connectivity index (χ1v) is 13.4. The molecule has 0 unspecified atom stereocenters. The highest BCUT2D eigenvalue weighted by molar-refractivity contribution is 6.56. The molecule has 0 aliphatic carbocycles. The van der Waals surface area contributed by atoms with E-state index in [0.717, 1.165) is 50.1 Å². The van der Waals surface area contributed by atoms with Crippen LogP contribution in [-0.2, 0) is 4.79 Å². The fourth-order valence-corrected chi connectivity index (χ4v) is 5.96. The zero-order chi connectivity index (χ0) is 27.2. The molecule has 0 aromatic heterocycles. The molecule has 3 heteroatoms. The Morgan fingerprint density at radius 1 is 0.475 bits per heavy atom. The third-order valence-corrected chi connectivity index (χ3v) is 7.58. The van der Waals surface area contributed by atoms with E-state index in [1.54, 1.807) is 4.90 Å². The Bertz CT molecular complexity index is 1850. The smallest absolute Gasteiger partial charge is 0.283 e. The minimum Gasteiger partial charge on any atom is -0.283 e. The number of rotatable bonds is 4. The van der Waals surface area contributed by atoms with E-state index in [1.807, 2.05) is 97.9 Å². The molecule has 0 saturated heterocycles. The largest absolute Gasteiger partial charge is 0.304 e. The minimum atomic E-state index is -0.532. The van der Waals surface area contributed by atoms with Gasteiger partial charge in [0.1, 0.15) is 0 Å². The number of amides is 1. The van der Waals surface area contributed by atoms with Gasteiger partial charge in [-0.2, -0.15) is 0 Å². The maximum atomic E-state index is 14.0. The summed E-state index contributed by atoms with van der Waals surface area (Å²) in [7, 11) is 0. The van der Waals surface area contributed by atoms with Crippen molar-refractivity contribution in [1.82, 2.24) is 0 Å². The number of aryl methyl sites for hydroxylation is 1. The van der Waals surface area contributed by atoms with Gasteiger partial charge >= 0.3 is 5.91 Å². The number of carbonyl (C=O) groups is 2. The van der Waals surface area contributed by atoms with E-state index in [4.69, 9.17) is 0 Å². The zero-order valence-corrected chi connectivity index (χ0v) is 22.0. The van der Waals surface area contributed by atoms with Crippen molar-refractivity contribution in [1.29, 1.82) is 0 Å². The Balaban J connectivity index is 1.78. The van der Waals surface area contributed by atoms with Crippen LogP contribution in [0, 0.1) is 6.92 Å². The summed E-state index contributed by atoms with van der Waals surface area (Å²) >= 11 is 0. The van der Waals surface area contributed by atoms with Gasteiger partial charge in [-0.1, -0.05) is 121 Å². The fourth-order valence-electron chi connectivity index (χ4n) is 5.96. The van der Waals surface area contributed by atoms with Gasteiger partial charge in [-0.25, -0.2) is 0 Å². The Hall–Kier alpha value is -5.28. The number of benzene rings is 5. The molecule has 3 nitrogen and oxygen atoms in total. The van der Waals surface area contributed by atoms with Gasteiger partial charge in [0, 0.05) is 16.7 Å². The van der Waals surface area contributed by atoms with E-state index in [0.29, 0.717) is 16.9 Å². The van der Waals surface area contributed by atoms with E-state index < -0.39 is 11.7 Å². The van der Waals surface area contributed by atoms with Crippen molar-refractivity contribution in [3.05, 3.63) is 172 Å². The molecule has 0 saturated carbocycles. The average molecular weight is 516 g/mol. The number of anilines is 1. The second-order valence-electron chi connectivity index (χ2n) is 10.1. The quantitative estimate of drug-likeness (QED) is 0.227. The third kappa shape index (κ3) is 3.67. The number of nitrogens with zero attached hydrogens (tertiary/aromatic N) is 1. The van der Waals surface area contributed by atoms with Crippen molar-refractivity contribution in [2.75, 3.05) is 4.90 Å². The number of carbonyl (C=O) groups excluding carboxylic acids is 2. The summed E-state index contributed by atoms with van der Waals surface area (Å²) in [4.78, 5) is 29.3. The lowest BCUT2D eigenvalue weighted by atomic mass is 9.81. The molecule has 0 atom stereocenters. The van der Waals surface area contributed by atoms with Crippen molar-refractivity contribution in [3.8, 4) is 0 Å². The minimum absolute atomic E-state index is 0.448. The number of hydrogen-bond donors (Lipinski definition) is 0. The summed E-state index contributed by atoms with van der Waals surface area (Å²) < 4.78 is 0. The highest BCUT2D eigenvalue weighted by Gasteiger charge is 2.44. The number of hydrogen-bond acceptors (Lipinski definition) is 2. The molecule has 5 aromatic carbocycles. The molecule has 0 N–H and O–H groups in total. The molecule has 7 rings (SSSR count). The van der Waals surface area contributed by atoms with Crippen LogP contribution in [0.5, 0.6) is 0 Å². The number of ketones is 1. The van der Waals surface area contributed by atoms with Crippen LogP contribution < -0.4 is 4.90 Å². The highest BCUT2D eigenvalue weighted by atomic mass is 16.2. The van der Waals surface area contributed by atoms with E-state index in [2.05, 4.69) is 42.5 Å². The summed E-state index contributed by atoms with van der Waals surface area (Å²) in [5, 5.41) is 0. The van der Waals surface area contributed by atoms with Gasteiger partial charge in [0.15, 0.2) is 0 Å². The monoisotopic (exact) mass is 515 g/mol. The first kappa shape index (κ1) is 23.8. The Labute approximate surface area is 233 Å². The molecule has 2 heterocycles. The van der Waals surface area contributed by atoms with Gasteiger partial charge in [0.05, 0.1) is 16.9 Å². The second-order valence-corrected chi connectivity index (χ2v) is 10.1. The van der Waals surface area contributed by atoms with Crippen LogP contribution in [0.2, 0.25) is 0 Å². The van der Waals surface area contributed by atoms with Gasteiger partial charge in [-0.3, -0.25) is 14.5 Å². The van der Waals surface area contributed by atoms with Gasteiger partial charge in [-0.05, 0) is 52.4 Å². The lowest BCUT2D eigenvalue weighted by molar-refractivity contribution is -0.113. The van der Waals surface area contributed by atoms with Crippen LogP contribution in [-0.4, -0.2) is 11.7 Å². The fraction of sp³-hybridized carbons (Fsp3) is 0.0270. The molecular formula is C37H25NO2. The maximum absolute atomic E-state index is 14.0. The molecule has 5 aromatic rings. The second kappa shape index (κ2) is 9.48. The van der Waals surface area contributed by atoms with Gasteiger partial charge < -0.3 is 0 Å². The van der Waals surface area contributed by atoms with Crippen LogP contribution >= 0.6 is 0 Å². The molecule has 1 amide bonds. The first-order valence-electron chi connectivity index (χ1n) is 13.4. The molecular weight excluding hydrogens is 490 g/mol. The van der Waals surface area contributed by atoms with Crippen molar-refractivity contribution < 1.29 is 9.59 Å². The lowest BCUT2D eigenvalue weighted by Crippen LogP contribution is -2.29. The van der Waals surface area contributed by atoms with Crippen LogP contribution in [0.25, 0.3) is 22.4 Å². The SMILES string of the molecule is Cc1cc2c3c(c1)C(c1ccccc1)=C(c1ccccc1)C(c1ccccc1)=C(c1ccccc1)N3C(=O)C2=O. The Morgan fingerprint density at radius 3 is 1.43 bits per heavy atom. The average Bonchev–Trinajstić information content (AvgIpc) is 3.17. The van der Waals surface area contributed by atoms with Crippen LogP contribution in [0.3, 0.4) is 0 Å². The van der Waals surface area contributed by atoms with Crippen molar-refractivity contribution >= 4 is 39.8 Å². The molecule has 0 bridgehead atoms. The predicted octanol–water partition coefficient (Wildman–Crippen LogP) is 8.07. The highest BCUT2D eigenvalue weighted by Crippen LogP contribution is 2.53. The molecule has 0 spiro atoms. The normalized spacial score (nSPS) is 14.5. The van der Waals surface area contributed by atoms with E-state index >= 15 is 0 Å². The van der Waals surface area contributed by atoms with E-state index in [9.17, 15) is 9.59 Å². The Kier molecular flexibility index (Phi) is 5.64. The molecule has 0 fully saturated rings. The molecule has 0 radical (unpaired) electrons. The topological polar surface area (TPSA) is 37.4 Å². The van der Waals surface area contributed by atoms with Gasteiger partial charge in [0.25, 0.3) is 5.78 Å². The summed E-state index contributed by atoms with van der Waals surface area (Å²) in [5.74, 6) is -1.01. The van der Waals surface area contributed by atoms with E-state index in [-0.39, 0.29) is 0 Å². The van der Waals surface area contributed by atoms with Crippen molar-refractivity contribution in [2.45, 2.75) is 6.92 Å². The van der Waals surface area contributed by atoms with Crippen LogP contribution in [0.4, 0.5) is 5.69 Å². The van der Waals surface area contributed by atoms with Gasteiger partial charge in [0.2, 0.25) is 0 Å². The standard InChI is InChI=1S/C37H25NO2/c1-24-22-29-31(25-14-6-2-7-15-25)32(26-16-8-3-9-17-26)33(27-18-10-4-11-19-27)34(28-20-12-5-13-21-28)38-35(29)30(23-24)36(39)37(38)40/h2-23H,1H3. The van der Waals surface area contributed by atoms with Crippen molar-refractivity contribution in [3.63, 3.8) is 0 Å². The van der Waals surface area contributed by atoms with Crippen molar-refractivity contribution in [2.24, 2.45) is 0 Å². The number of Topliss-reactive ketones (excluding diaryl/α,β-unsaturated/α-hetero) is 1. The summed E-state index contributed by atoms with van der Waals surface area (Å²) in [5.41, 5.74) is 10.4. The summed E-state index contributed by atoms with van der Waals surface area (Å²) in [6.07, 6.45) is 0. The van der Waals surface area contributed by atoms with Crippen LogP contribution in [0.15, 0.2) is 133 Å². The van der Waals surface area contributed by atoms with Gasteiger partial charge in [-0.15, -0.1) is 0 Å². The molecule has 40 heavy (non-hydrogen) atoms. The third-order valence-electron chi connectivity index (χ3n) is 7.58. The first-order chi connectivity index (χ1) is 19.6. The number of allylic oxidation sites excluding steroid dienone is 2. The maximum Gasteiger partial charge on any atom is 0.304 e. The lowest BCUT2D eigenvalue weighted by Gasteiger charge is -2.25. The van der Waals surface area contributed by atoms with E-state index in [1.165, 1.54) is 0 Å². The zero-order valence-electron chi connectivity index (χ0n) is 22.0. The summed E-state index contributed by atoms with van der Waals surface area (Å²) in [6, 6.07) is 44.7. The molecule has 190 valence electrons. The Morgan fingerprint density at radius 2 is 0.900 bits per heavy atom. The predicted molar refractivity (Wildman–Crippen MR) is 161 cm³/mol. The summed E-state index contributed by atoms with van der Waals surface area (Å²) in [6.45, 7) is 1.98. The molecule has 2 aliphatic rings.